The Morgan fingerprint density at radius 2 is 1.80 bits per heavy atom. The van der Waals surface area contributed by atoms with Gasteiger partial charge in [0, 0.05) is 31.0 Å². The summed E-state index contributed by atoms with van der Waals surface area (Å²) in [6, 6.07) is 9.31. The summed E-state index contributed by atoms with van der Waals surface area (Å²) in [5.74, 6) is -4.84. The van der Waals surface area contributed by atoms with E-state index in [1.54, 1.807) is 29.7 Å². The third-order valence-electron chi connectivity index (χ3n) is 7.29. The molecule has 1 aliphatic rings. The van der Waals surface area contributed by atoms with Gasteiger partial charge in [0.15, 0.2) is 11.5 Å². The Labute approximate surface area is 230 Å². The highest BCUT2D eigenvalue weighted by Crippen LogP contribution is 2.45. The molecule has 0 unspecified atom stereocenters. The molecule has 3 N–H and O–H groups in total. The van der Waals surface area contributed by atoms with Crippen LogP contribution in [0.2, 0.25) is 0 Å². The minimum Gasteiger partial charge on any atom is -0.475 e. The molecule has 2 aromatic carbocycles. The number of benzene rings is 2. The highest BCUT2D eigenvalue weighted by Gasteiger charge is 2.47. The molecule has 0 saturated heterocycles. The number of aliphatic hydroxyl groups excluding tert-OH is 1. The van der Waals surface area contributed by atoms with Gasteiger partial charge in [-0.3, -0.25) is 0 Å². The zero-order chi connectivity index (χ0) is 29.7. The number of nitrogens with zero attached hydrogens (tertiary/aromatic N) is 4. The van der Waals surface area contributed by atoms with Crippen LogP contribution in [0.5, 0.6) is 0 Å². The summed E-state index contributed by atoms with van der Waals surface area (Å²) in [6.45, 7) is 3.17. The van der Waals surface area contributed by atoms with Gasteiger partial charge >= 0.3 is 12.1 Å². The van der Waals surface area contributed by atoms with Crippen LogP contribution in [0, 0.1) is 12.8 Å². The van der Waals surface area contributed by atoms with Gasteiger partial charge in [0.25, 0.3) is 0 Å². The number of nitrogens with one attached hydrogen (secondary N) is 1. The zero-order valence-corrected chi connectivity index (χ0v) is 22.0. The quantitative estimate of drug-likeness (QED) is 0.224. The molecule has 1 atom stereocenters. The van der Waals surface area contributed by atoms with Gasteiger partial charge in [0.05, 0.1) is 12.2 Å². The Bertz CT molecular complexity index is 1610. The van der Waals surface area contributed by atoms with Gasteiger partial charge in [-0.15, -0.1) is 0 Å². The molecular weight excluding hydrogens is 549 g/mol. The van der Waals surface area contributed by atoms with Crippen LogP contribution in [0.4, 0.5) is 27.8 Å². The molecule has 1 fully saturated rings. The highest BCUT2D eigenvalue weighted by atomic mass is 19.4. The van der Waals surface area contributed by atoms with Crippen LogP contribution in [0.3, 0.4) is 0 Å². The molecule has 4 aromatic rings. The van der Waals surface area contributed by atoms with Gasteiger partial charge < -0.3 is 20.1 Å². The molecule has 5 rings (SSSR count). The number of fused-ring (bicyclic) bond motifs is 1. The summed E-state index contributed by atoms with van der Waals surface area (Å²) in [5, 5.41) is 22.8. The van der Waals surface area contributed by atoms with Crippen LogP contribution in [0.1, 0.15) is 52.6 Å². The van der Waals surface area contributed by atoms with Gasteiger partial charge in [-0.2, -0.15) is 13.2 Å². The standard InChI is InChI=1S/C28H26F5N5O3/c1-14-3-6-17(13-39)20(9-14)25-37-23-21(38(25)12-16-4-7-19(8-5-16)28(31,32)33)22(35-24(36-23)26(40)41)34-15(2)18-10-27(29,30)11-18/h3-9,15,18,39H,10-13H2,1-2H3,(H,40,41)(H,34,35,36)/t15-/m1/s1. The van der Waals surface area contributed by atoms with E-state index < -0.39 is 41.4 Å². The van der Waals surface area contributed by atoms with Crippen LogP contribution in [-0.2, 0) is 19.3 Å². The number of anilines is 1. The monoisotopic (exact) mass is 575 g/mol. The Morgan fingerprint density at radius 3 is 2.39 bits per heavy atom. The Morgan fingerprint density at radius 1 is 1.12 bits per heavy atom. The molecular formula is C28H26F5N5O3. The van der Waals surface area contributed by atoms with Crippen molar-refractivity contribution in [2.75, 3.05) is 5.32 Å². The normalized spacial score (nSPS) is 16.0. The van der Waals surface area contributed by atoms with E-state index in [-0.39, 0.29) is 48.8 Å². The van der Waals surface area contributed by atoms with Crippen molar-refractivity contribution in [2.24, 2.45) is 5.92 Å². The Hall–Kier alpha value is -4.13. The minimum atomic E-state index is -4.52. The molecule has 13 heteroatoms. The third kappa shape index (κ3) is 5.71. The second-order valence-electron chi connectivity index (χ2n) is 10.4. The summed E-state index contributed by atoms with van der Waals surface area (Å²) in [6.07, 6.45) is -5.18. The fourth-order valence-electron chi connectivity index (χ4n) is 5.00. The number of carbonyl (C=O) groups is 1. The van der Waals surface area contributed by atoms with Gasteiger partial charge in [-0.25, -0.2) is 28.5 Å². The van der Waals surface area contributed by atoms with E-state index in [2.05, 4.69) is 20.3 Å². The molecule has 1 aliphatic carbocycles. The van der Waals surface area contributed by atoms with E-state index in [0.29, 0.717) is 16.7 Å². The smallest absolute Gasteiger partial charge is 0.416 e. The number of aryl methyl sites for hydroxylation is 1. The average Bonchev–Trinajstić information content (AvgIpc) is 3.25. The molecule has 1 saturated carbocycles. The molecule has 216 valence electrons. The van der Waals surface area contributed by atoms with Gasteiger partial charge in [-0.05, 0) is 49.1 Å². The number of alkyl halides is 5. The van der Waals surface area contributed by atoms with Crippen LogP contribution < -0.4 is 5.32 Å². The zero-order valence-electron chi connectivity index (χ0n) is 22.0. The first-order valence-corrected chi connectivity index (χ1v) is 12.8. The first-order valence-electron chi connectivity index (χ1n) is 12.8. The number of aliphatic hydroxyl groups is 1. The maximum atomic E-state index is 13.6. The fraction of sp³-hybridized carbons (Fsp3) is 0.357. The molecule has 41 heavy (non-hydrogen) atoms. The average molecular weight is 576 g/mol. The second-order valence-corrected chi connectivity index (χ2v) is 10.4. The summed E-state index contributed by atoms with van der Waals surface area (Å²) in [7, 11) is 0. The number of carboxylic acids is 1. The highest BCUT2D eigenvalue weighted by molar-refractivity contribution is 5.92. The second kappa shape index (κ2) is 10.4. The maximum absolute atomic E-state index is 13.6. The fourth-order valence-corrected chi connectivity index (χ4v) is 5.00. The first kappa shape index (κ1) is 28.4. The van der Waals surface area contributed by atoms with Crippen molar-refractivity contribution in [1.29, 1.82) is 0 Å². The predicted octanol–water partition coefficient (Wildman–Crippen LogP) is 5.91. The molecule has 0 bridgehead atoms. The van der Waals surface area contributed by atoms with Crippen molar-refractivity contribution in [3.05, 3.63) is 70.5 Å². The van der Waals surface area contributed by atoms with Gasteiger partial charge in [-0.1, -0.05) is 29.8 Å². The van der Waals surface area contributed by atoms with E-state index in [4.69, 9.17) is 0 Å². The van der Waals surface area contributed by atoms with Crippen molar-refractivity contribution in [2.45, 2.75) is 58.0 Å². The maximum Gasteiger partial charge on any atom is 0.416 e. The van der Waals surface area contributed by atoms with Crippen molar-refractivity contribution >= 4 is 23.0 Å². The number of carboxylic acid groups (broad SMARTS) is 1. The summed E-state index contributed by atoms with van der Waals surface area (Å²) < 4.78 is 68.3. The van der Waals surface area contributed by atoms with E-state index in [1.165, 1.54) is 12.1 Å². The van der Waals surface area contributed by atoms with E-state index in [1.807, 2.05) is 6.92 Å². The number of hydrogen-bond acceptors (Lipinski definition) is 6. The van der Waals surface area contributed by atoms with Gasteiger partial charge in [0.1, 0.15) is 11.3 Å². The molecule has 0 aliphatic heterocycles. The lowest BCUT2D eigenvalue weighted by Gasteiger charge is -2.39. The van der Waals surface area contributed by atoms with Crippen LogP contribution in [-0.4, -0.2) is 47.7 Å². The number of imidazole rings is 1. The number of rotatable bonds is 8. The van der Waals surface area contributed by atoms with Crippen LogP contribution >= 0.6 is 0 Å². The molecule has 0 amide bonds. The van der Waals surface area contributed by atoms with E-state index in [9.17, 15) is 37.0 Å². The molecule has 0 radical (unpaired) electrons. The van der Waals surface area contributed by atoms with Crippen molar-refractivity contribution in [3.63, 3.8) is 0 Å². The molecule has 2 aromatic heterocycles. The predicted molar refractivity (Wildman–Crippen MR) is 140 cm³/mol. The van der Waals surface area contributed by atoms with Gasteiger partial charge in [0.2, 0.25) is 11.7 Å². The summed E-state index contributed by atoms with van der Waals surface area (Å²) in [4.78, 5) is 24.7. The lowest BCUT2D eigenvalue weighted by Crippen LogP contribution is -2.44. The minimum absolute atomic E-state index is 0.0108. The molecule has 8 nitrogen and oxygen atoms in total. The topological polar surface area (TPSA) is 113 Å². The van der Waals surface area contributed by atoms with Crippen molar-refractivity contribution < 1.29 is 37.0 Å². The van der Waals surface area contributed by atoms with E-state index in [0.717, 1.165) is 17.7 Å². The third-order valence-corrected chi connectivity index (χ3v) is 7.29. The molecule has 0 spiro atoms. The lowest BCUT2D eigenvalue weighted by atomic mass is 9.77. The molecule has 2 heterocycles. The SMILES string of the molecule is Cc1ccc(CO)c(-c2nc3nc(C(=O)O)nc(N[C@H](C)C4CC(F)(F)C4)c3n2Cc2ccc(C(F)(F)F)cc2)c1. The van der Waals surface area contributed by atoms with Crippen LogP contribution in [0.15, 0.2) is 42.5 Å². The summed E-state index contributed by atoms with van der Waals surface area (Å²) >= 11 is 0. The van der Waals surface area contributed by atoms with Crippen LogP contribution in [0.25, 0.3) is 22.6 Å². The first-order chi connectivity index (χ1) is 19.3. The lowest BCUT2D eigenvalue weighted by molar-refractivity contribution is -0.137. The number of aromatic nitrogens is 4. The van der Waals surface area contributed by atoms with E-state index >= 15 is 0 Å². The number of aromatic carboxylic acids is 1. The number of hydrogen-bond donors (Lipinski definition) is 3. The summed E-state index contributed by atoms with van der Waals surface area (Å²) in [5.41, 5.74) is 1.72. The largest absolute Gasteiger partial charge is 0.475 e. The Kier molecular flexibility index (Phi) is 7.18. The van der Waals surface area contributed by atoms with Crippen molar-refractivity contribution in [3.8, 4) is 11.4 Å². The van der Waals surface area contributed by atoms with Crippen molar-refractivity contribution in [1.82, 2.24) is 19.5 Å². The Balaban J connectivity index is 1.69. The number of halogens is 5.